The Morgan fingerprint density at radius 1 is 1.04 bits per heavy atom. The molecule has 1 atom stereocenters. The smallest absolute Gasteiger partial charge is 0.273 e. The zero-order chi connectivity index (χ0) is 32.1. The highest BCUT2D eigenvalue weighted by molar-refractivity contribution is 7.84. The molecule has 1 aliphatic rings. The van der Waals surface area contributed by atoms with E-state index < -0.39 is 16.7 Å². The summed E-state index contributed by atoms with van der Waals surface area (Å²) in [7, 11) is 3.50. The van der Waals surface area contributed by atoms with Crippen LogP contribution in [0.4, 0.5) is 17.2 Å². The van der Waals surface area contributed by atoms with Crippen LogP contribution >= 0.6 is 0 Å². The van der Waals surface area contributed by atoms with Gasteiger partial charge in [0.05, 0.1) is 30.7 Å². The van der Waals surface area contributed by atoms with Gasteiger partial charge >= 0.3 is 0 Å². The molecule has 1 aliphatic carbocycles. The van der Waals surface area contributed by atoms with Crippen LogP contribution in [0.2, 0.25) is 0 Å². The van der Waals surface area contributed by atoms with E-state index in [0.717, 1.165) is 12.8 Å². The number of methoxy groups -OCH3 is 1. The van der Waals surface area contributed by atoms with E-state index in [4.69, 9.17) is 4.74 Å². The highest BCUT2D eigenvalue weighted by atomic mass is 32.2. The van der Waals surface area contributed by atoms with Gasteiger partial charge in [-0.3, -0.25) is 28.6 Å². The monoisotopic (exact) mass is 628 g/mol. The average molecular weight is 629 g/mol. The van der Waals surface area contributed by atoms with Crippen LogP contribution in [-0.2, 0) is 22.1 Å². The Kier molecular flexibility index (Phi) is 9.42. The van der Waals surface area contributed by atoms with Crippen molar-refractivity contribution >= 4 is 45.7 Å². The summed E-state index contributed by atoms with van der Waals surface area (Å²) in [5.41, 5.74) is 3.10. The van der Waals surface area contributed by atoms with Crippen molar-refractivity contribution in [3.8, 4) is 16.9 Å². The lowest BCUT2D eigenvalue weighted by molar-refractivity contribution is -0.117. The second-order valence-electron chi connectivity index (χ2n) is 10.4. The van der Waals surface area contributed by atoms with Crippen molar-refractivity contribution in [3.05, 3.63) is 78.0 Å². The molecular weight excluding hydrogens is 596 g/mol. The van der Waals surface area contributed by atoms with E-state index in [-0.39, 0.29) is 41.5 Å². The quantitative estimate of drug-likeness (QED) is 0.224. The summed E-state index contributed by atoms with van der Waals surface area (Å²) in [6.45, 7) is 0.225. The highest BCUT2D eigenvalue weighted by Crippen LogP contribution is 2.38. The van der Waals surface area contributed by atoms with Crippen LogP contribution in [0.5, 0.6) is 5.75 Å². The van der Waals surface area contributed by atoms with Gasteiger partial charge in [0.25, 0.3) is 11.8 Å². The molecular formula is C31H32N8O5S. The predicted octanol–water partition coefficient (Wildman–Crippen LogP) is 3.40. The number of pyridine rings is 2. The van der Waals surface area contributed by atoms with Crippen LogP contribution in [0.25, 0.3) is 11.1 Å². The number of benzene rings is 1. The number of ether oxygens (including phenoxy) is 1. The van der Waals surface area contributed by atoms with E-state index in [1.54, 1.807) is 68.2 Å². The van der Waals surface area contributed by atoms with E-state index in [2.05, 4.69) is 36.1 Å². The maximum atomic E-state index is 13.1. The SMILES string of the molecule is CNC(=O)c1nnc(NC(=O)C2CC2)cc1Nc1cccc(-c2ccc(C(=O)N(C)Cc3cc([S@@](C)=O)ccn3)nc2)c1OC. The molecule has 3 heterocycles. The zero-order valence-electron chi connectivity index (χ0n) is 25.2. The molecule has 13 nitrogen and oxygen atoms in total. The lowest BCUT2D eigenvalue weighted by Gasteiger charge is -2.18. The first-order valence-corrected chi connectivity index (χ1v) is 15.6. The molecule has 232 valence electrons. The van der Waals surface area contributed by atoms with Gasteiger partial charge in [0, 0.05) is 71.6 Å². The van der Waals surface area contributed by atoms with E-state index in [1.165, 1.54) is 19.1 Å². The first kappa shape index (κ1) is 31.2. The summed E-state index contributed by atoms with van der Waals surface area (Å²) in [6.07, 6.45) is 6.41. The Morgan fingerprint density at radius 3 is 2.51 bits per heavy atom. The number of anilines is 3. The zero-order valence-corrected chi connectivity index (χ0v) is 26.0. The normalized spacial score (nSPS) is 13.0. The standard InChI is InChI=1S/C31H32N8O5S/c1-32-30(41)27-25(15-26(37-38-27)36-29(40)18-8-9-18)35-23-7-5-6-22(28(23)44-3)19-10-11-24(34-16-19)31(42)39(2)17-20-14-21(45(4)43)12-13-33-20/h5-7,10-16,18H,8-9,17H2,1-4H3,(H,32,41)(H2,35,36,37,40)/t45-/m1/s1. The third kappa shape index (κ3) is 7.29. The number of carbonyl (C=O) groups is 3. The van der Waals surface area contributed by atoms with Gasteiger partial charge in [0.1, 0.15) is 11.4 Å². The fourth-order valence-corrected chi connectivity index (χ4v) is 5.10. The molecule has 0 spiro atoms. The maximum Gasteiger partial charge on any atom is 0.273 e. The number of amides is 3. The summed E-state index contributed by atoms with van der Waals surface area (Å²) in [4.78, 5) is 48.8. The van der Waals surface area contributed by atoms with Crippen molar-refractivity contribution in [2.24, 2.45) is 5.92 Å². The van der Waals surface area contributed by atoms with Crippen LogP contribution in [-0.4, -0.2) is 74.5 Å². The number of aromatic nitrogens is 4. The Morgan fingerprint density at radius 2 is 1.84 bits per heavy atom. The number of hydrogen-bond donors (Lipinski definition) is 3. The van der Waals surface area contributed by atoms with Crippen molar-refractivity contribution in [3.63, 3.8) is 0 Å². The third-order valence-corrected chi connectivity index (χ3v) is 8.00. The largest absolute Gasteiger partial charge is 0.494 e. The molecule has 45 heavy (non-hydrogen) atoms. The van der Waals surface area contributed by atoms with Gasteiger partial charge in [-0.05, 0) is 37.1 Å². The molecule has 0 bridgehead atoms. The van der Waals surface area contributed by atoms with Crippen molar-refractivity contribution in [1.29, 1.82) is 0 Å². The molecule has 14 heteroatoms. The van der Waals surface area contributed by atoms with Crippen LogP contribution in [0.15, 0.2) is 65.8 Å². The van der Waals surface area contributed by atoms with Gasteiger partial charge in [-0.1, -0.05) is 18.2 Å². The minimum atomic E-state index is -1.15. The molecule has 5 rings (SSSR count). The topological polar surface area (TPSA) is 168 Å². The molecule has 0 unspecified atom stereocenters. The fourth-order valence-electron chi connectivity index (χ4n) is 4.55. The van der Waals surface area contributed by atoms with Crippen molar-refractivity contribution < 1.29 is 23.3 Å². The first-order chi connectivity index (χ1) is 21.7. The van der Waals surface area contributed by atoms with E-state index in [9.17, 15) is 18.6 Å². The summed E-state index contributed by atoms with van der Waals surface area (Å²) < 4.78 is 17.6. The minimum absolute atomic E-state index is 0.0304. The van der Waals surface area contributed by atoms with Gasteiger partial charge in [-0.15, -0.1) is 10.2 Å². The van der Waals surface area contributed by atoms with Gasteiger partial charge in [0.15, 0.2) is 11.5 Å². The highest BCUT2D eigenvalue weighted by Gasteiger charge is 2.30. The predicted molar refractivity (Wildman–Crippen MR) is 169 cm³/mol. The molecule has 1 saturated carbocycles. The van der Waals surface area contributed by atoms with Crippen molar-refractivity contribution in [2.45, 2.75) is 24.3 Å². The minimum Gasteiger partial charge on any atom is -0.494 e. The van der Waals surface area contributed by atoms with E-state index in [0.29, 0.717) is 38.8 Å². The molecule has 0 aliphatic heterocycles. The molecule has 0 radical (unpaired) electrons. The van der Waals surface area contributed by atoms with Crippen LogP contribution in [0.3, 0.4) is 0 Å². The molecule has 1 fully saturated rings. The van der Waals surface area contributed by atoms with E-state index in [1.807, 2.05) is 6.07 Å². The Bertz CT molecular complexity index is 1780. The van der Waals surface area contributed by atoms with Gasteiger partial charge in [0.2, 0.25) is 5.91 Å². The first-order valence-electron chi connectivity index (χ1n) is 14.0. The summed E-state index contributed by atoms with van der Waals surface area (Å²) >= 11 is 0. The molecule has 3 amide bonds. The maximum absolute atomic E-state index is 13.1. The van der Waals surface area contributed by atoms with Gasteiger partial charge in [-0.2, -0.15) is 0 Å². The number of carbonyl (C=O) groups excluding carboxylic acids is 3. The third-order valence-electron chi connectivity index (χ3n) is 7.08. The second kappa shape index (κ2) is 13.6. The molecule has 3 aromatic heterocycles. The van der Waals surface area contributed by atoms with Gasteiger partial charge in [-0.25, -0.2) is 0 Å². The Hall–Kier alpha value is -5.24. The lowest BCUT2D eigenvalue weighted by atomic mass is 10.0. The van der Waals surface area contributed by atoms with Gasteiger partial charge < -0.3 is 25.6 Å². The summed E-state index contributed by atoms with van der Waals surface area (Å²) in [5.74, 6) is -0.252. The van der Waals surface area contributed by atoms with Crippen LogP contribution in [0, 0.1) is 5.92 Å². The number of rotatable bonds is 11. The average Bonchev–Trinajstić information content (AvgIpc) is 3.90. The molecule has 0 saturated heterocycles. The molecule has 3 N–H and O–H groups in total. The van der Waals surface area contributed by atoms with Crippen molar-refractivity contribution in [2.75, 3.05) is 38.1 Å². The number of para-hydroxylation sites is 1. The second-order valence-corrected chi connectivity index (χ2v) is 11.8. The van der Waals surface area contributed by atoms with Crippen molar-refractivity contribution in [1.82, 2.24) is 30.4 Å². The van der Waals surface area contributed by atoms with Crippen LogP contribution in [0.1, 0.15) is 39.5 Å². The molecule has 4 aromatic rings. The number of nitrogens with zero attached hydrogens (tertiary/aromatic N) is 5. The Balaban J connectivity index is 1.37. The van der Waals surface area contributed by atoms with Crippen LogP contribution < -0.4 is 20.7 Å². The molecule has 1 aromatic carbocycles. The Labute approximate surface area is 262 Å². The van der Waals surface area contributed by atoms with E-state index >= 15 is 0 Å². The fraction of sp³-hybridized carbons (Fsp3) is 0.258. The summed E-state index contributed by atoms with van der Waals surface area (Å²) in [5, 5.41) is 16.6. The lowest BCUT2D eigenvalue weighted by Crippen LogP contribution is -2.27. The number of hydrogen-bond acceptors (Lipinski definition) is 10. The number of nitrogens with one attached hydrogen (secondary N) is 3. The summed E-state index contributed by atoms with van der Waals surface area (Å²) in [6, 6.07) is 13.8.